The quantitative estimate of drug-likeness (QED) is 0.517. The van der Waals surface area contributed by atoms with Gasteiger partial charge in [-0.1, -0.05) is 53.6 Å². The second kappa shape index (κ2) is 9.79. The average molecular weight is 407 g/mol. The van der Waals surface area contributed by atoms with Gasteiger partial charge in [-0.3, -0.25) is 0 Å². The first-order valence-electron chi connectivity index (χ1n) is 10.2. The van der Waals surface area contributed by atoms with E-state index < -0.39 is 0 Å². The van der Waals surface area contributed by atoms with Crippen LogP contribution in [0.5, 0.6) is 11.5 Å². The molecule has 3 aromatic carbocycles. The van der Waals surface area contributed by atoms with E-state index in [2.05, 4.69) is 63.2 Å². The summed E-state index contributed by atoms with van der Waals surface area (Å²) in [6.07, 6.45) is 0. The van der Waals surface area contributed by atoms with Crippen LogP contribution in [-0.2, 0) is 5.41 Å². The highest BCUT2D eigenvalue weighted by Crippen LogP contribution is 2.40. The largest absolute Gasteiger partial charge is 0.491 e. The smallest absolute Gasteiger partial charge is 0.119 e. The molecule has 0 aliphatic heterocycles. The minimum Gasteiger partial charge on any atom is -0.491 e. The summed E-state index contributed by atoms with van der Waals surface area (Å²) in [5.41, 5.74) is 5.58. The monoisotopic (exact) mass is 406 g/mol. The molecule has 0 radical (unpaired) electrons. The number of hydrogen-bond donors (Lipinski definition) is 2. The van der Waals surface area contributed by atoms with Gasteiger partial charge in [0.25, 0.3) is 0 Å². The van der Waals surface area contributed by atoms with Gasteiger partial charge in [0.15, 0.2) is 0 Å². The highest BCUT2D eigenvalue weighted by atomic mass is 16.5. The summed E-state index contributed by atoms with van der Waals surface area (Å²) < 4.78 is 11.1. The molecule has 0 aliphatic rings. The van der Waals surface area contributed by atoms with E-state index in [1.54, 1.807) is 0 Å². The van der Waals surface area contributed by atoms with E-state index in [-0.39, 0.29) is 31.8 Å². The topological polar surface area (TPSA) is 58.9 Å². The predicted octanol–water partition coefficient (Wildman–Crippen LogP) is 4.40. The van der Waals surface area contributed by atoms with Crippen LogP contribution < -0.4 is 9.47 Å². The van der Waals surface area contributed by atoms with Crippen molar-refractivity contribution in [2.24, 2.45) is 0 Å². The first kappa shape index (κ1) is 21.9. The molecule has 0 spiro atoms. The molecule has 3 rings (SSSR count). The van der Waals surface area contributed by atoms with Gasteiger partial charge < -0.3 is 19.7 Å². The fraction of sp³-hybridized carbons (Fsp3) is 0.308. The Hall–Kier alpha value is -2.82. The summed E-state index contributed by atoms with van der Waals surface area (Å²) in [4.78, 5) is 0. The van der Waals surface area contributed by atoms with Gasteiger partial charge in [0.05, 0.1) is 13.2 Å². The molecule has 0 aliphatic carbocycles. The minimum atomic E-state index is -0.373. The van der Waals surface area contributed by atoms with E-state index in [0.717, 1.165) is 22.6 Å². The third-order valence-electron chi connectivity index (χ3n) is 5.38. The second-order valence-electron chi connectivity index (χ2n) is 7.69. The lowest BCUT2D eigenvalue weighted by molar-refractivity contribution is 0.201. The maximum atomic E-state index is 8.99. The van der Waals surface area contributed by atoms with E-state index in [4.69, 9.17) is 19.7 Å². The molecule has 0 fully saturated rings. The molecule has 0 saturated carbocycles. The lowest BCUT2D eigenvalue weighted by atomic mass is 9.70. The third kappa shape index (κ3) is 4.84. The van der Waals surface area contributed by atoms with Gasteiger partial charge in [0, 0.05) is 5.41 Å². The number of rotatable bonds is 9. The first-order valence-corrected chi connectivity index (χ1v) is 10.2. The number of benzene rings is 3. The molecule has 0 heterocycles. The van der Waals surface area contributed by atoms with Gasteiger partial charge in [-0.2, -0.15) is 0 Å². The fourth-order valence-corrected chi connectivity index (χ4v) is 3.86. The van der Waals surface area contributed by atoms with Crippen LogP contribution in [0, 0.1) is 13.8 Å². The Labute approximate surface area is 178 Å². The fourth-order valence-electron chi connectivity index (χ4n) is 3.86. The van der Waals surface area contributed by atoms with Crippen molar-refractivity contribution in [1.29, 1.82) is 0 Å². The summed E-state index contributed by atoms with van der Waals surface area (Å²) in [6.45, 7) is 7.02. The molecule has 30 heavy (non-hydrogen) atoms. The number of aliphatic hydroxyl groups is 2. The van der Waals surface area contributed by atoms with Crippen molar-refractivity contribution < 1.29 is 19.7 Å². The molecule has 0 aromatic heterocycles. The molecule has 0 atom stereocenters. The summed E-state index contributed by atoms with van der Waals surface area (Å²) >= 11 is 0. The standard InChI is InChI=1S/C26H30O4/c1-19-16-20(2)18-23(17-19)26(3,21-4-8-24(9-5-21)29-14-12-27)22-6-10-25(11-7-22)30-15-13-28/h4-11,16-18,27-28H,12-15H2,1-3H3. The van der Waals surface area contributed by atoms with Crippen molar-refractivity contribution in [3.63, 3.8) is 0 Å². The molecule has 0 bridgehead atoms. The molecule has 2 N–H and O–H groups in total. The molecule has 158 valence electrons. The molecule has 0 unspecified atom stereocenters. The molecular formula is C26H30O4. The first-order chi connectivity index (χ1) is 14.5. The van der Waals surface area contributed by atoms with Crippen molar-refractivity contribution in [3.05, 3.63) is 94.5 Å². The Balaban J connectivity index is 2.07. The lowest BCUT2D eigenvalue weighted by Crippen LogP contribution is -2.25. The van der Waals surface area contributed by atoms with Crippen LogP contribution in [0.2, 0.25) is 0 Å². The SMILES string of the molecule is Cc1cc(C)cc(C(C)(c2ccc(OCCO)cc2)c2ccc(OCCO)cc2)c1. The number of aliphatic hydroxyl groups excluding tert-OH is 2. The van der Waals surface area contributed by atoms with Gasteiger partial charge in [-0.25, -0.2) is 0 Å². The molecular weight excluding hydrogens is 376 g/mol. The van der Waals surface area contributed by atoms with E-state index in [9.17, 15) is 0 Å². The molecule has 4 nitrogen and oxygen atoms in total. The van der Waals surface area contributed by atoms with Crippen LogP contribution in [0.25, 0.3) is 0 Å². The van der Waals surface area contributed by atoms with Crippen LogP contribution in [0.4, 0.5) is 0 Å². The van der Waals surface area contributed by atoms with Crippen LogP contribution in [-0.4, -0.2) is 36.6 Å². The van der Waals surface area contributed by atoms with Crippen molar-refractivity contribution in [2.45, 2.75) is 26.2 Å². The Morgan fingerprint density at radius 2 is 1.03 bits per heavy atom. The summed E-state index contributed by atoms with van der Waals surface area (Å²) in [5.74, 6) is 1.48. The van der Waals surface area contributed by atoms with Crippen LogP contribution in [0.3, 0.4) is 0 Å². The molecule has 4 heteroatoms. The predicted molar refractivity (Wildman–Crippen MR) is 120 cm³/mol. The van der Waals surface area contributed by atoms with E-state index >= 15 is 0 Å². The zero-order valence-electron chi connectivity index (χ0n) is 17.9. The van der Waals surface area contributed by atoms with Gasteiger partial charge in [-0.15, -0.1) is 0 Å². The normalized spacial score (nSPS) is 11.4. The third-order valence-corrected chi connectivity index (χ3v) is 5.38. The maximum Gasteiger partial charge on any atom is 0.119 e. The minimum absolute atomic E-state index is 0.00721. The number of ether oxygens (including phenoxy) is 2. The number of aryl methyl sites for hydroxylation is 2. The van der Waals surface area contributed by atoms with Crippen molar-refractivity contribution in [2.75, 3.05) is 26.4 Å². The Kier molecular flexibility index (Phi) is 7.14. The molecule has 0 amide bonds. The van der Waals surface area contributed by atoms with E-state index in [0.29, 0.717) is 0 Å². The van der Waals surface area contributed by atoms with Crippen molar-refractivity contribution >= 4 is 0 Å². The maximum absolute atomic E-state index is 8.99. The van der Waals surface area contributed by atoms with Crippen LogP contribution in [0.1, 0.15) is 34.7 Å². The highest BCUT2D eigenvalue weighted by Gasteiger charge is 2.31. The van der Waals surface area contributed by atoms with Gasteiger partial charge in [0.2, 0.25) is 0 Å². The Morgan fingerprint density at radius 3 is 1.40 bits per heavy atom. The highest BCUT2D eigenvalue weighted by molar-refractivity contribution is 5.52. The average Bonchev–Trinajstić information content (AvgIpc) is 2.75. The van der Waals surface area contributed by atoms with Gasteiger partial charge >= 0.3 is 0 Å². The summed E-state index contributed by atoms with van der Waals surface area (Å²) in [6, 6.07) is 22.8. The second-order valence-corrected chi connectivity index (χ2v) is 7.69. The number of hydrogen-bond acceptors (Lipinski definition) is 4. The zero-order chi connectivity index (χ0) is 21.6. The van der Waals surface area contributed by atoms with Crippen LogP contribution in [0.15, 0.2) is 66.7 Å². The van der Waals surface area contributed by atoms with Crippen molar-refractivity contribution in [3.8, 4) is 11.5 Å². The van der Waals surface area contributed by atoms with Crippen LogP contribution >= 0.6 is 0 Å². The molecule has 0 saturated heterocycles. The Bertz CT molecular complexity index is 874. The van der Waals surface area contributed by atoms with E-state index in [1.165, 1.54) is 16.7 Å². The zero-order valence-corrected chi connectivity index (χ0v) is 17.9. The van der Waals surface area contributed by atoms with Gasteiger partial charge in [0.1, 0.15) is 24.7 Å². The lowest BCUT2D eigenvalue weighted by Gasteiger charge is -2.33. The van der Waals surface area contributed by atoms with Crippen molar-refractivity contribution in [1.82, 2.24) is 0 Å². The van der Waals surface area contributed by atoms with E-state index in [1.807, 2.05) is 24.3 Å². The summed E-state index contributed by atoms with van der Waals surface area (Å²) in [7, 11) is 0. The Morgan fingerprint density at radius 1 is 0.633 bits per heavy atom. The van der Waals surface area contributed by atoms with Gasteiger partial charge in [-0.05, 0) is 61.7 Å². The summed E-state index contributed by atoms with van der Waals surface area (Å²) in [5, 5.41) is 18.0. The molecule has 3 aromatic rings.